The summed E-state index contributed by atoms with van der Waals surface area (Å²) in [7, 11) is 0. The molecule has 0 radical (unpaired) electrons. The van der Waals surface area contributed by atoms with E-state index in [1.54, 1.807) is 13.8 Å². The highest BCUT2D eigenvalue weighted by Gasteiger charge is 2.42. The fourth-order valence-electron chi connectivity index (χ4n) is 3.92. The zero-order chi connectivity index (χ0) is 20.1. The summed E-state index contributed by atoms with van der Waals surface area (Å²) in [6.07, 6.45) is 3.34. The number of urea groups is 1. The van der Waals surface area contributed by atoms with E-state index in [1.165, 1.54) is 6.42 Å². The number of nitrogens with one attached hydrogen (secondary N) is 2. The predicted molar refractivity (Wildman–Crippen MR) is 98.6 cm³/mol. The van der Waals surface area contributed by atoms with Crippen molar-refractivity contribution in [2.45, 2.75) is 65.5 Å². The van der Waals surface area contributed by atoms with Crippen LogP contribution in [0.25, 0.3) is 0 Å². The molecule has 0 unspecified atom stereocenters. The second kappa shape index (κ2) is 9.19. The van der Waals surface area contributed by atoms with Gasteiger partial charge in [0.15, 0.2) is 6.61 Å². The van der Waals surface area contributed by atoms with Gasteiger partial charge in [-0.05, 0) is 32.1 Å². The zero-order valence-corrected chi connectivity index (χ0v) is 16.6. The summed E-state index contributed by atoms with van der Waals surface area (Å²) in [6.45, 7) is 7.71. The predicted octanol–water partition coefficient (Wildman–Crippen LogP) is 1.44. The zero-order valence-electron chi connectivity index (χ0n) is 16.6. The monoisotopic (exact) mass is 381 g/mol. The van der Waals surface area contributed by atoms with Crippen LogP contribution in [0.2, 0.25) is 0 Å². The van der Waals surface area contributed by atoms with E-state index >= 15 is 0 Å². The van der Waals surface area contributed by atoms with Crippen molar-refractivity contribution in [1.29, 1.82) is 0 Å². The first-order chi connectivity index (χ1) is 12.7. The molecule has 2 fully saturated rings. The first kappa shape index (κ1) is 21.2. The summed E-state index contributed by atoms with van der Waals surface area (Å²) < 4.78 is 5.02. The number of amides is 4. The number of rotatable bonds is 5. The normalized spacial score (nSPS) is 28.2. The maximum absolute atomic E-state index is 12.4. The van der Waals surface area contributed by atoms with Crippen molar-refractivity contribution in [3.63, 3.8) is 0 Å². The third-order valence-electron chi connectivity index (χ3n) is 5.57. The van der Waals surface area contributed by atoms with Crippen LogP contribution in [0.3, 0.4) is 0 Å². The highest BCUT2D eigenvalue weighted by molar-refractivity contribution is 5.96. The highest BCUT2D eigenvalue weighted by atomic mass is 16.5. The molecule has 0 spiro atoms. The van der Waals surface area contributed by atoms with Gasteiger partial charge in [0.2, 0.25) is 5.91 Å². The molecular weight excluding hydrogens is 350 g/mol. The molecule has 1 heterocycles. The lowest BCUT2D eigenvalue weighted by molar-refractivity contribution is -0.152. The van der Waals surface area contributed by atoms with Crippen molar-refractivity contribution in [3.8, 4) is 0 Å². The molecule has 0 aromatic heterocycles. The molecule has 2 N–H and O–H groups in total. The van der Waals surface area contributed by atoms with Crippen LogP contribution in [0.5, 0.6) is 0 Å². The van der Waals surface area contributed by atoms with Crippen LogP contribution in [0, 0.1) is 17.8 Å². The quantitative estimate of drug-likeness (QED) is 0.701. The second-order valence-corrected chi connectivity index (χ2v) is 8.07. The number of hydrogen-bond acceptors (Lipinski definition) is 5. The number of imide groups is 1. The number of esters is 1. The first-order valence-electron chi connectivity index (χ1n) is 9.75. The summed E-state index contributed by atoms with van der Waals surface area (Å²) in [5, 5.41) is 4.60. The lowest BCUT2D eigenvalue weighted by Crippen LogP contribution is -2.45. The van der Waals surface area contributed by atoms with Crippen molar-refractivity contribution in [1.82, 2.24) is 15.5 Å². The van der Waals surface area contributed by atoms with E-state index in [0.29, 0.717) is 18.4 Å². The van der Waals surface area contributed by atoms with Crippen LogP contribution in [0.1, 0.15) is 53.4 Å². The molecule has 8 heteroatoms. The Morgan fingerprint density at radius 2 is 1.93 bits per heavy atom. The van der Waals surface area contributed by atoms with Crippen LogP contribution in [-0.4, -0.2) is 54.0 Å². The van der Waals surface area contributed by atoms with Crippen molar-refractivity contribution in [2.24, 2.45) is 17.8 Å². The largest absolute Gasteiger partial charge is 0.455 e. The van der Waals surface area contributed by atoms with Gasteiger partial charge in [0.25, 0.3) is 5.91 Å². The van der Waals surface area contributed by atoms with Crippen LogP contribution in [-0.2, 0) is 19.1 Å². The SMILES string of the molecule is CC(C)NC(=O)NC(=O)COC(=O)[C@@H]1CC(=O)N([C@H]2CCC[C@H](C)[C@H]2C)C1. The maximum Gasteiger partial charge on any atom is 0.321 e. The third kappa shape index (κ3) is 5.68. The van der Waals surface area contributed by atoms with Gasteiger partial charge in [0.1, 0.15) is 0 Å². The molecule has 4 amide bonds. The standard InChI is InChI=1S/C19H31N3O5/c1-11(2)20-19(26)21-16(23)10-27-18(25)14-8-17(24)22(9-14)15-7-5-6-12(3)13(15)4/h11-15H,5-10H2,1-4H3,(H2,20,21,23,26)/t12-,13+,14+,15-/m0/s1. The van der Waals surface area contributed by atoms with Crippen LogP contribution < -0.4 is 10.6 Å². The van der Waals surface area contributed by atoms with E-state index in [2.05, 4.69) is 24.5 Å². The first-order valence-corrected chi connectivity index (χ1v) is 9.75. The molecule has 1 saturated heterocycles. The van der Waals surface area contributed by atoms with Crippen LogP contribution in [0.4, 0.5) is 4.79 Å². The molecule has 1 aliphatic carbocycles. The maximum atomic E-state index is 12.4. The Labute approximate surface area is 160 Å². The molecular formula is C19H31N3O5. The number of ether oxygens (including phenoxy) is 1. The highest BCUT2D eigenvalue weighted by Crippen LogP contribution is 2.35. The fraction of sp³-hybridized carbons (Fsp3) is 0.789. The number of carbonyl (C=O) groups is 4. The average Bonchev–Trinajstić information content (AvgIpc) is 2.96. The average molecular weight is 381 g/mol. The number of hydrogen-bond donors (Lipinski definition) is 2. The number of carbonyl (C=O) groups excluding carboxylic acids is 4. The smallest absolute Gasteiger partial charge is 0.321 e. The lowest BCUT2D eigenvalue weighted by Gasteiger charge is -2.39. The number of likely N-dealkylation sites (tertiary alicyclic amines) is 1. The molecule has 152 valence electrons. The Balaban J connectivity index is 1.81. The van der Waals surface area contributed by atoms with Gasteiger partial charge in [0.05, 0.1) is 5.92 Å². The molecule has 1 saturated carbocycles. The summed E-state index contributed by atoms with van der Waals surface area (Å²) in [5.74, 6) is -0.881. The minimum Gasteiger partial charge on any atom is -0.455 e. The molecule has 2 aliphatic rings. The molecule has 0 bridgehead atoms. The topological polar surface area (TPSA) is 105 Å². The lowest BCUT2D eigenvalue weighted by atomic mass is 9.77. The van der Waals surface area contributed by atoms with Gasteiger partial charge in [-0.2, -0.15) is 0 Å². The van der Waals surface area contributed by atoms with Gasteiger partial charge in [0, 0.05) is 25.0 Å². The Kier molecular flexibility index (Phi) is 7.21. The number of nitrogens with zero attached hydrogens (tertiary/aromatic N) is 1. The molecule has 4 atom stereocenters. The van der Waals surface area contributed by atoms with E-state index < -0.39 is 30.4 Å². The van der Waals surface area contributed by atoms with E-state index in [9.17, 15) is 19.2 Å². The minimum atomic E-state index is -0.697. The van der Waals surface area contributed by atoms with Crippen LogP contribution in [0.15, 0.2) is 0 Å². The minimum absolute atomic E-state index is 0.0244. The summed E-state index contributed by atoms with van der Waals surface area (Å²) >= 11 is 0. The van der Waals surface area contributed by atoms with Gasteiger partial charge in [-0.25, -0.2) is 4.79 Å². The van der Waals surface area contributed by atoms with E-state index in [4.69, 9.17) is 4.74 Å². The Morgan fingerprint density at radius 1 is 1.22 bits per heavy atom. The summed E-state index contributed by atoms with van der Waals surface area (Å²) in [5.41, 5.74) is 0. The Hall–Kier alpha value is -2.12. The third-order valence-corrected chi connectivity index (χ3v) is 5.57. The Morgan fingerprint density at radius 3 is 2.59 bits per heavy atom. The van der Waals surface area contributed by atoms with Crippen molar-refractivity contribution < 1.29 is 23.9 Å². The van der Waals surface area contributed by atoms with Crippen molar-refractivity contribution in [3.05, 3.63) is 0 Å². The molecule has 1 aliphatic heterocycles. The molecule has 8 nitrogen and oxygen atoms in total. The van der Waals surface area contributed by atoms with E-state index in [-0.39, 0.29) is 24.4 Å². The van der Waals surface area contributed by atoms with Crippen molar-refractivity contribution >= 4 is 23.8 Å². The van der Waals surface area contributed by atoms with Gasteiger partial charge in [-0.3, -0.25) is 19.7 Å². The van der Waals surface area contributed by atoms with Gasteiger partial charge < -0.3 is 15.0 Å². The molecule has 0 aromatic rings. The van der Waals surface area contributed by atoms with Gasteiger partial charge >= 0.3 is 12.0 Å². The summed E-state index contributed by atoms with van der Waals surface area (Å²) in [6, 6.07) is -0.573. The molecule has 2 rings (SSSR count). The van der Waals surface area contributed by atoms with E-state index in [0.717, 1.165) is 12.8 Å². The van der Waals surface area contributed by atoms with E-state index in [1.807, 2.05) is 4.90 Å². The Bertz CT molecular complexity index is 592. The molecule has 0 aromatic carbocycles. The van der Waals surface area contributed by atoms with Crippen LogP contribution >= 0.6 is 0 Å². The van der Waals surface area contributed by atoms with Crippen molar-refractivity contribution in [2.75, 3.05) is 13.2 Å². The summed E-state index contributed by atoms with van der Waals surface area (Å²) in [4.78, 5) is 49.6. The van der Waals surface area contributed by atoms with Gasteiger partial charge in [-0.15, -0.1) is 0 Å². The molecule has 27 heavy (non-hydrogen) atoms. The van der Waals surface area contributed by atoms with Gasteiger partial charge in [-0.1, -0.05) is 26.7 Å². The second-order valence-electron chi connectivity index (χ2n) is 8.07. The fourth-order valence-corrected chi connectivity index (χ4v) is 3.92.